The lowest BCUT2D eigenvalue weighted by atomic mass is 9.68. The minimum Gasteiger partial charge on any atom is -0.329 e. The molecule has 1 aromatic heterocycles. The number of rotatable bonds is 3. The zero-order valence-corrected chi connectivity index (χ0v) is 9.92. The fourth-order valence-electron chi connectivity index (χ4n) is 2.16. The average molecular weight is 221 g/mol. The van der Waals surface area contributed by atoms with Gasteiger partial charge in [-0.2, -0.15) is 0 Å². The monoisotopic (exact) mass is 221 g/mol. The van der Waals surface area contributed by atoms with Crippen LogP contribution in [0.25, 0.3) is 0 Å². The summed E-state index contributed by atoms with van der Waals surface area (Å²) in [6, 6.07) is 1.58. The Labute approximate surface area is 95.3 Å². The molecule has 0 aromatic carbocycles. The third kappa shape index (κ3) is 1.78. The van der Waals surface area contributed by atoms with Crippen LogP contribution in [-0.2, 0) is 5.41 Å². The lowest BCUT2D eigenvalue weighted by Gasteiger charge is -2.39. The van der Waals surface area contributed by atoms with Crippen molar-refractivity contribution in [1.82, 2.24) is 9.97 Å². The minimum absolute atomic E-state index is 0.0616. The van der Waals surface area contributed by atoms with E-state index in [1.807, 2.05) is 13.8 Å². The molecule has 0 atom stereocenters. The first kappa shape index (κ1) is 11.3. The summed E-state index contributed by atoms with van der Waals surface area (Å²) in [5.41, 5.74) is 6.55. The van der Waals surface area contributed by atoms with Gasteiger partial charge in [0.05, 0.1) is 5.69 Å². The normalized spacial score (nSPS) is 18.5. The molecule has 1 fully saturated rings. The summed E-state index contributed by atoms with van der Waals surface area (Å²) < 4.78 is 0. The maximum atomic E-state index is 11.6. The maximum Gasteiger partial charge on any atom is 0.251 e. The number of aromatic amines is 1. The predicted octanol–water partition coefficient (Wildman–Crippen LogP) is 1.27. The number of aromatic nitrogens is 2. The molecule has 1 heterocycles. The second-order valence-electron chi connectivity index (χ2n) is 5.01. The SMILES string of the molecule is CC(C)c1cc(=O)[nH]c(C2(CN)CCC2)n1. The van der Waals surface area contributed by atoms with Gasteiger partial charge in [0.1, 0.15) is 5.82 Å². The van der Waals surface area contributed by atoms with E-state index in [0.29, 0.717) is 6.54 Å². The highest BCUT2D eigenvalue weighted by molar-refractivity contribution is 5.17. The Hall–Kier alpha value is -1.16. The zero-order valence-electron chi connectivity index (χ0n) is 9.92. The molecule has 3 N–H and O–H groups in total. The van der Waals surface area contributed by atoms with Crippen LogP contribution in [0.1, 0.15) is 50.5 Å². The highest BCUT2D eigenvalue weighted by Gasteiger charge is 2.39. The molecule has 88 valence electrons. The number of H-pyrrole nitrogens is 1. The summed E-state index contributed by atoms with van der Waals surface area (Å²) in [5.74, 6) is 1.06. The molecule has 0 radical (unpaired) electrons. The van der Waals surface area contributed by atoms with Crippen LogP contribution < -0.4 is 11.3 Å². The molecule has 0 saturated heterocycles. The van der Waals surface area contributed by atoms with Crippen molar-refractivity contribution in [2.75, 3.05) is 6.54 Å². The number of nitrogens with two attached hydrogens (primary N) is 1. The Morgan fingerprint density at radius 1 is 1.56 bits per heavy atom. The van der Waals surface area contributed by atoms with E-state index < -0.39 is 0 Å². The highest BCUT2D eigenvalue weighted by atomic mass is 16.1. The Kier molecular flexibility index (Phi) is 2.84. The Bertz CT molecular complexity index is 427. The molecule has 1 aliphatic carbocycles. The molecule has 1 saturated carbocycles. The van der Waals surface area contributed by atoms with E-state index in [1.165, 1.54) is 6.42 Å². The van der Waals surface area contributed by atoms with Crippen molar-refractivity contribution in [2.24, 2.45) is 5.73 Å². The van der Waals surface area contributed by atoms with Gasteiger partial charge < -0.3 is 10.7 Å². The van der Waals surface area contributed by atoms with E-state index in [1.54, 1.807) is 6.07 Å². The standard InChI is InChI=1S/C12H19N3O/c1-8(2)9-6-10(16)15-11(14-9)12(7-13)4-3-5-12/h6,8H,3-5,7,13H2,1-2H3,(H,14,15,16). The Morgan fingerprint density at radius 3 is 2.69 bits per heavy atom. The van der Waals surface area contributed by atoms with Crippen molar-refractivity contribution in [3.05, 3.63) is 27.9 Å². The van der Waals surface area contributed by atoms with E-state index in [0.717, 1.165) is 24.4 Å². The van der Waals surface area contributed by atoms with Gasteiger partial charge in [0, 0.05) is 18.0 Å². The molecular weight excluding hydrogens is 202 g/mol. The average Bonchev–Trinajstić information content (AvgIpc) is 2.16. The number of nitrogens with one attached hydrogen (secondary N) is 1. The van der Waals surface area contributed by atoms with Crippen LogP contribution in [0.15, 0.2) is 10.9 Å². The van der Waals surface area contributed by atoms with Gasteiger partial charge in [-0.25, -0.2) is 4.98 Å². The topological polar surface area (TPSA) is 71.8 Å². The summed E-state index contributed by atoms with van der Waals surface area (Å²) in [5, 5.41) is 0. The molecule has 0 bridgehead atoms. The molecule has 0 unspecified atom stereocenters. The molecule has 16 heavy (non-hydrogen) atoms. The molecule has 0 aliphatic heterocycles. The highest BCUT2D eigenvalue weighted by Crippen LogP contribution is 2.40. The molecule has 4 nitrogen and oxygen atoms in total. The summed E-state index contributed by atoms with van der Waals surface area (Å²) in [6.45, 7) is 4.65. The molecule has 2 rings (SSSR count). The molecule has 4 heteroatoms. The molecular formula is C12H19N3O. The van der Waals surface area contributed by atoms with Crippen LogP contribution in [0.4, 0.5) is 0 Å². The fraction of sp³-hybridized carbons (Fsp3) is 0.667. The van der Waals surface area contributed by atoms with Crippen molar-refractivity contribution in [1.29, 1.82) is 0 Å². The van der Waals surface area contributed by atoms with Gasteiger partial charge in [-0.3, -0.25) is 4.79 Å². The van der Waals surface area contributed by atoms with Crippen LogP contribution in [0.5, 0.6) is 0 Å². The van der Waals surface area contributed by atoms with Crippen molar-refractivity contribution in [3.8, 4) is 0 Å². The van der Waals surface area contributed by atoms with Crippen LogP contribution in [0.3, 0.4) is 0 Å². The quantitative estimate of drug-likeness (QED) is 0.807. The summed E-state index contributed by atoms with van der Waals surface area (Å²) in [4.78, 5) is 19.0. The van der Waals surface area contributed by atoms with Crippen LogP contribution in [0.2, 0.25) is 0 Å². The lowest BCUT2D eigenvalue weighted by molar-refractivity contribution is 0.236. The maximum absolute atomic E-state index is 11.6. The van der Waals surface area contributed by atoms with Gasteiger partial charge in [-0.1, -0.05) is 20.3 Å². The van der Waals surface area contributed by atoms with Crippen LogP contribution >= 0.6 is 0 Å². The largest absolute Gasteiger partial charge is 0.329 e. The molecule has 1 aliphatic rings. The third-order valence-electron chi connectivity index (χ3n) is 3.56. The zero-order chi connectivity index (χ0) is 11.8. The van der Waals surface area contributed by atoms with Crippen molar-refractivity contribution in [2.45, 2.75) is 44.4 Å². The van der Waals surface area contributed by atoms with Gasteiger partial charge in [-0.15, -0.1) is 0 Å². The second kappa shape index (κ2) is 4.01. The summed E-state index contributed by atoms with van der Waals surface area (Å²) in [6.07, 6.45) is 3.24. The van der Waals surface area contributed by atoms with Crippen molar-refractivity contribution >= 4 is 0 Å². The van der Waals surface area contributed by atoms with E-state index in [-0.39, 0.29) is 16.9 Å². The van der Waals surface area contributed by atoms with Crippen LogP contribution in [-0.4, -0.2) is 16.5 Å². The first-order chi connectivity index (χ1) is 7.57. The first-order valence-electron chi connectivity index (χ1n) is 5.89. The summed E-state index contributed by atoms with van der Waals surface area (Å²) >= 11 is 0. The lowest BCUT2D eigenvalue weighted by Crippen LogP contribution is -2.44. The van der Waals surface area contributed by atoms with Gasteiger partial charge in [0.2, 0.25) is 0 Å². The van der Waals surface area contributed by atoms with E-state index >= 15 is 0 Å². The molecule has 0 amide bonds. The Balaban J connectivity index is 2.44. The Morgan fingerprint density at radius 2 is 2.25 bits per heavy atom. The van der Waals surface area contributed by atoms with Crippen LogP contribution in [0, 0.1) is 0 Å². The van der Waals surface area contributed by atoms with Crippen molar-refractivity contribution in [3.63, 3.8) is 0 Å². The summed E-state index contributed by atoms with van der Waals surface area (Å²) in [7, 11) is 0. The van der Waals surface area contributed by atoms with Gasteiger partial charge in [-0.05, 0) is 18.8 Å². The van der Waals surface area contributed by atoms with E-state index in [9.17, 15) is 4.79 Å². The predicted molar refractivity (Wildman–Crippen MR) is 63.5 cm³/mol. The fourth-order valence-corrected chi connectivity index (χ4v) is 2.16. The van der Waals surface area contributed by atoms with E-state index in [4.69, 9.17) is 5.73 Å². The minimum atomic E-state index is -0.0654. The number of nitrogens with zero attached hydrogens (tertiary/aromatic N) is 1. The molecule has 1 aromatic rings. The van der Waals surface area contributed by atoms with E-state index in [2.05, 4.69) is 9.97 Å². The van der Waals surface area contributed by atoms with Gasteiger partial charge in [0.15, 0.2) is 0 Å². The number of hydrogen-bond donors (Lipinski definition) is 2. The smallest absolute Gasteiger partial charge is 0.251 e. The second-order valence-corrected chi connectivity index (χ2v) is 5.01. The van der Waals surface area contributed by atoms with Crippen molar-refractivity contribution < 1.29 is 0 Å². The first-order valence-corrected chi connectivity index (χ1v) is 5.89. The number of hydrogen-bond acceptors (Lipinski definition) is 3. The van der Waals surface area contributed by atoms with Gasteiger partial charge >= 0.3 is 0 Å². The molecule has 0 spiro atoms. The van der Waals surface area contributed by atoms with Gasteiger partial charge in [0.25, 0.3) is 5.56 Å². The third-order valence-corrected chi connectivity index (χ3v) is 3.56.